The van der Waals surface area contributed by atoms with Gasteiger partial charge in [0.1, 0.15) is 18.3 Å². The minimum absolute atomic E-state index is 0.0272. The second-order valence-electron chi connectivity index (χ2n) is 9.03. The minimum Gasteiger partial charge on any atom is -0.504 e. The van der Waals surface area contributed by atoms with Gasteiger partial charge >= 0.3 is 0 Å². The molecule has 1 fully saturated rings. The molecule has 0 aromatic heterocycles. The fourth-order valence-electron chi connectivity index (χ4n) is 5.08. The first kappa shape index (κ1) is 25.5. The van der Waals surface area contributed by atoms with Crippen molar-refractivity contribution in [1.29, 1.82) is 0 Å². The van der Waals surface area contributed by atoms with E-state index in [1.807, 2.05) is 0 Å². The number of rotatable bonds is 7. The van der Waals surface area contributed by atoms with Crippen molar-refractivity contribution in [2.24, 2.45) is 11.8 Å². The molecule has 10 heteroatoms. The summed E-state index contributed by atoms with van der Waals surface area (Å²) < 4.78 is 21.7. The topological polar surface area (TPSA) is 158 Å². The molecule has 0 bridgehead atoms. The molecule has 1 aliphatic heterocycles. The van der Waals surface area contributed by atoms with Gasteiger partial charge in [0.25, 0.3) is 0 Å². The summed E-state index contributed by atoms with van der Waals surface area (Å²) in [6.07, 6.45) is -4.76. The molecule has 1 saturated heterocycles. The molecule has 0 amide bonds. The highest BCUT2D eigenvalue weighted by Crippen LogP contribution is 2.48. The van der Waals surface area contributed by atoms with Gasteiger partial charge < -0.3 is 49.6 Å². The standard InChI is InChI=1S/C25H32O10/c1-32-20-4-3-12(6-17(20)27)22-15-8-18(28)21(33-2)7-13(15)5-14(9-26)16(22)10-34-25-24(31)23(30)19(29)11-35-25/h3-4,6-8,14,16,19,22-31H,5,9-11H2,1-2H3/t14-,16-,19+,22-,23-,24+,25+/m0/s1. The lowest BCUT2D eigenvalue weighted by atomic mass is 9.67. The van der Waals surface area contributed by atoms with Gasteiger partial charge in [0.2, 0.25) is 0 Å². The van der Waals surface area contributed by atoms with Gasteiger partial charge in [-0.2, -0.15) is 0 Å². The van der Waals surface area contributed by atoms with E-state index in [9.17, 15) is 30.6 Å². The maximum atomic E-state index is 10.5. The first-order valence-corrected chi connectivity index (χ1v) is 11.4. The summed E-state index contributed by atoms with van der Waals surface area (Å²) >= 11 is 0. The van der Waals surface area contributed by atoms with Crippen LogP contribution < -0.4 is 9.47 Å². The molecule has 7 atom stereocenters. The van der Waals surface area contributed by atoms with E-state index in [4.69, 9.17) is 18.9 Å². The number of hydrogen-bond donors (Lipinski definition) is 6. The van der Waals surface area contributed by atoms with Crippen LogP contribution in [0.15, 0.2) is 30.3 Å². The van der Waals surface area contributed by atoms with Crippen LogP contribution in [0.25, 0.3) is 0 Å². The van der Waals surface area contributed by atoms with Crippen molar-refractivity contribution in [2.45, 2.75) is 36.9 Å². The van der Waals surface area contributed by atoms with Gasteiger partial charge in [-0.25, -0.2) is 0 Å². The van der Waals surface area contributed by atoms with Crippen molar-refractivity contribution in [1.82, 2.24) is 0 Å². The Labute approximate surface area is 202 Å². The minimum atomic E-state index is -1.45. The molecule has 0 unspecified atom stereocenters. The number of fused-ring (bicyclic) bond motifs is 1. The molecular formula is C25H32O10. The fourth-order valence-corrected chi connectivity index (χ4v) is 5.08. The maximum absolute atomic E-state index is 10.5. The lowest BCUT2D eigenvalue weighted by Crippen LogP contribution is -2.54. The number of phenolic OH excluding ortho intramolecular Hbond substituents is 2. The number of aliphatic hydroxyl groups is 4. The maximum Gasteiger partial charge on any atom is 0.186 e. The Morgan fingerprint density at radius 1 is 0.943 bits per heavy atom. The number of benzene rings is 2. The van der Waals surface area contributed by atoms with Gasteiger partial charge in [0.15, 0.2) is 29.3 Å². The van der Waals surface area contributed by atoms with Crippen LogP contribution >= 0.6 is 0 Å². The van der Waals surface area contributed by atoms with Crippen LogP contribution in [0.2, 0.25) is 0 Å². The number of hydrogen-bond acceptors (Lipinski definition) is 10. The highest BCUT2D eigenvalue weighted by molar-refractivity contribution is 5.53. The van der Waals surface area contributed by atoms with Crippen molar-refractivity contribution in [3.63, 3.8) is 0 Å². The molecular weight excluding hydrogens is 460 g/mol. The summed E-state index contributed by atoms with van der Waals surface area (Å²) in [4.78, 5) is 0. The first-order chi connectivity index (χ1) is 16.8. The molecule has 10 nitrogen and oxygen atoms in total. The molecule has 2 aliphatic rings. The van der Waals surface area contributed by atoms with Gasteiger partial charge in [0.05, 0.1) is 27.4 Å². The molecule has 2 aromatic rings. The zero-order valence-corrected chi connectivity index (χ0v) is 19.6. The van der Waals surface area contributed by atoms with E-state index in [0.717, 1.165) is 11.1 Å². The lowest BCUT2D eigenvalue weighted by molar-refractivity contribution is -0.274. The highest BCUT2D eigenvalue weighted by Gasteiger charge is 2.42. The van der Waals surface area contributed by atoms with Crippen molar-refractivity contribution < 1.29 is 49.6 Å². The smallest absolute Gasteiger partial charge is 0.186 e. The Balaban J connectivity index is 1.72. The van der Waals surface area contributed by atoms with Crippen LogP contribution in [0.5, 0.6) is 23.0 Å². The quantitative estimate of drug-likeness (QED) is 0.321. The SMILES string of the molecule is COc1ccc([C@H]2c3cc(O)c(OC)cc3C[C@@H](CO)[C@@H]2CO[C@@H]2OC[C@@H](O)[C@H](O)[C@H]2O)cc1O. The Kier molecular flexibility index (Phi) is 7.70. The monoisotopic (exact) mass is 492 g/mol. The summed E-state index contributed by atoms with van der Waals surface area (Å²) in [6.45, 7) is -0.326. The summed E-state index contributed by atoms with van der Waals surface area (Å²) in [6, 6.07) is 8.37. The number of aliphatic hydroxyl groups excluding tert-OH is 4. The predicted molar refractivity (Wildman–Crippen MR) is 123 cm³/mol. The molecule has 35 heavy (non-hydrogen) atoms. The van der Waals surface area contributed by atoms with E-state index < -0.39 is 30.5 Å². The van der Waals surface area contributed by atoms with Crippen LogP contribution in [0.3, 0.4) is 0 Å². The summed E-state index contributed by atoms with van der Waals surface area (Å²) in [7, 11) is 2.92. The van der Waals surface area contributed by atoms with Crippen molar-refractivity contribution in [3.8, 4) is 23.0 Å². The largest absolute Gasteiger partial charge is 0.504 e. The number of ether oxygens (including phenoxy) is 4. The Hall–Kier alpha value is -2.60. The molecule has 0 spiro atoms. The average Bonchev–Trinajstić information content (AvgIpc) is 2.85. The summed E-state index contributed by atoms with van der Waals surface area (Å²) in [5, 5.41) is 61.2. The van der Waals surface area contributed by atoms with Crippen LogP contribution in [-0.4, -0.2) is 89.3 Å². The zero-order valence-electron chi connectivity index (χ0n) is 19.6. The number of methoxy groups -OCH3 is 2. The van der Waals surface area contributed by atoms with E-state index in [2.05, 4.69) is 0 Å². The lowest BCUT2D eigenvalue weighted by Gasteiger charge is -2.41. The van der Waals surface area contributed by atoms with Crippen molar-refractivity contribution in [2.75, 3.05) is 34.0 Å². The van der Waals surface area contributed by atoms with Crippen LogP contribution in [0.4, 0.5) is 0 Å². The third-order valence-corrected chi connectivity index (χ3v) is 7.00. The summed E-state index contributed by atoms with van der Waals surface area (Å²) in [5.41, 5.74) is 2.37. The third-order valence-electron chi connectivity index (χ3n) is 7.00. The second-order valence-corrected chi connectivity index (χ2v) is 9.03. The van der Waals surface area contributed by atoms with Crippen LogP contribution in [0.1, 0.15) is 22.6 Å². The van der Waals surface area contributed by atoms with E-state index in [0.29, 0.717) is 23.5 Å². The molecule has 2 aromatic carbocycles. The van der Waals surface area contributed by atoms with Gasteiger partial charge in [-0.15, -0.1) is 0 Å². The van der Waals surface area contributed by atoms with E-state index in [1.165, 1.54) is 14.2 Å². The zero-order chi connectivity index (χ0) is 25.3. The predicted octanol–water partition coefficient (Wildman–Crippen LogP) is 0.483. The Morgan fingerprint density at radius 2 is 1.66 bits per heavy atom. The van der Waals surface area contributed by atoms with Crippen LogP contribution in [0, 0.1) is 11.8 Å². The number of phenols is 2. The Bertz CT molecular complexity index is 1030. The first-order valence-electron chi connectivity index (χ1n) is 11.4. The molecule has 0 radical (unpaired) electrons. The Morgan fingerprint density at radius 3 is 2.31 bits per heavy atom. The van der Waals surface area contributed by atoms with Crippen molar-refractivity contribution in [3.05, 3.63) is 47.0 Å². The molecule has 0 saturated carbocycles. The van der Waals surface area contributed by atoms with Crippen molar-refractivity contribution >= 4 is 0 Å². The average molecular weight is 493 g/mol. The second kappa shape index (κ2) is 10.6. The molecule has 4 rings (SSSR count). The third kappa shape index (κ3) is 4.90. The number of aromatic hydroxyl groups is 2. The molecule has 1 heterocycles. The van der Waals surface area contributed by atoms with Gasteiger partial charge in [-0.05, 0) is 59.2 Å². The fraction of sp³-hybridized carbons (Fsp3) is 0.520. The summed E-state index contributed by atoms with van der Waals surface area (Å²) in [5.74, 6) is -0.522. The van der Waals surface area contributed by atoms with Crippen LogP contribution in [-0.2, 0) is 15.9 Å². The van der Waals surface area contributed by atoms with Gasteiger partial charge in [0, 0.05) is 12.5 Å². The van der Waals surface area contributed by atoms with E-state index >= 15 is 0 Å². The normalized spacial score (nSPS) is 30.5. The highest BCUT2D eigenvalue weighted by atomic mass is 16.7. The van der Waals surface area contributed by atoms with Gasteiger partial charge in [-0.1, -0.05) is 6.07 Å². The van der Waals surface area contributed by atoms with E-state index in [1.54, 1.807) is 30.3 Å². The van der Waals surface area contributed by atoms with Gasteiger partial charge in [-0.3, -0.25) is 0 Å². The molecule has 1 aliphatic carbocycles. The molecule has 6 N–H and O–H groups in total. The van der Waals surface area contributed by atoms with E-state index in [-0.39, 0.29) is 43.2 Å². The molecule has 192 valence electrons.